The summed E-state index contributed by atoms with van der Waals surface area (Å²) < 4.78 is 44.8. The monoisotopic (exact) mass is 578 g/mol. The van der Waals surface area contributed by atoms with E-state index in [1.165, 1.54) is 6.07 Å². The van der Waals surface area contributed by atoms with Crippen molar-refractivity contribution in [2.24, 2.45) is 0 Å². The summed E-state index contributed by atoms with van der Waals surface area (Å²) >= 11 is 0. The lowest BCUT2D eigenvalue weighted by atomic mass is 9.97. The fraction of sp³-hybridized carbons (Fsp3) is 0.290. The molecule has 218 valence electrons. The van der Waals surface area contributed by atoms with Gasteiger partial charge in [0.25, 0.3) is 0 Å². The number of aromatic nitrogens is 2. The van der Waals surface area contributed by atoms with Gasteiger partial charge in [-0.25, -0.2) is 19.4 Å². The topological polar surface area (TPSA) is 93.5 Å². The van der Waals surface area contributed by atoms with Crippen molar-refractivity contribution < 1.29 is 32.3 Å². The Balaban J connectivity index is 1.51. The first-order chi connectivity index (χ1) is 20.1. The molecule has 0 unspecified atom stereocenters. The maximum absolute atomic E-state index is 12.9. The van der Waals surface area contributed by atoms with Crippen LogP contribution in [0.4, 0.5) is 23.7 Å². The predicted molar refractivity (Wildman–Crippen MR) is 151 cm³/mol. The molecule has 5 rings (SSSR count). The van der Waals surface area contributed by atoms with Crippen molar-refractivity contribution in [3.63, 3.8) is 0 Å². The third-order valence-corrected chi connectivity index (χ3v) is 7.09. The number of urea groups is 1. The zero-order valence-corrected chi connectivity index (χ0v) is 22.9. The number of likely N-dealkylation sites (tertiary alicyclic amines) is 1. The van der Waals surface area contributed by atoms with Gasteiger partial charge < -0.3 is 19.5 Å². The Morgan fingerprint density at radius 3 is 2.40 bits per heavy atom. The molecule has 1 N–H and O–H groups in total. The highest BCUT2D eigenvalue weighted by molar-refractivity contribution is 6.03. The summed E-state index contributed by atoms with van der Waals surface area (Å²) in [6.45, 7) is 3.68. The maximum Gasteiger partial charge on any atom is 0.491 e. The van der Waals surface area contributed by atoms with E-state index in [0.717, 1.165) is 30.6 Å². The number of esters is 2. The molecule has 4 aromatic rings. The Bertz CT molecular complexity index is 1630. The number of anilines is 1. The molecular formula is C31H29F3N4O4. The molecule has 1 aliphatic rings. The number of rotatable bonds is 7. The van der Waals surface area contributed by atoms with Crippen LogP contribution in [0.2, 0.25) is 0 Å². The molecule has 2 amide bonds. The number of aryl methyl sites for hydroxylation is 1. The molecule has 42 heavy (non-hydrogen) atoms. The van der Waals surface area contributed by atoms with Crippen molar-refractivity contribution in [1.29, 1.82) is 0 Å². The molecule has 0 bridgehead atoms. The average Bonchev–Trinajstić information content (AvgIpc) is 3.62. The van der Waals surface area contributed by atoms with Crippen molar-refractivity contribution in [3.05, 3.63) is 83.7 Å². The number of nitrogens with zero attached hydrogens (tertiary/aromatic N) is 3. The van der Waals surface area contributed by atoms with Crippen molar-refractivity contribution in [2.45, 2.75) is 45.3 Å². The summed E-state index contributed by atoms with van der Waals surface area (Å²) in [5, 5.41) is 2.95. The normalized spacial score (nSPS) is 13.4. The minimum absolute atomic E-state index is 0.167. The highest BCUT2D eigenvalue weighted by Gasteiger charge is 2.42. The van der Waals surface area contributed by atoms with Gasteiger partial charge in [0, 0.05) is 31.7 Å². The first-order valence-corrected chi connectivity index (χ1v) is 13.7. The molecular weight excluding hydrogens is 549 g/mol. The number of alkyl halides is 3. The van der Waals surface area contributed by atoms with Gasteiger partial charge in [-0.05, 0) is 60.2 Å². The van der Waals surface area contributed by atoms with E-state index < -0.39 is 18.1 Å². The molecule has 1 aliphatic heterocycles. The van der Waals surface area contributed by atoms with Gasteiger partial charge in [0.1, 0.15) is 5.82 Å². The summed E-state index contributed by atoms with van der Waals surface area (Å²) in [5.41, 5.74) is 3.40. The smallest absolute Gasteiger partial charge is 0.383 e. The molecule has 0 saturated carbocycles. The second-order valence-corrected chi connectivity index (χ2v) is 10.1. The number of amides is 2. The standard InChI is InChI=1S/C31H29F3N4O4/c1-2-8-27-36-25-14-12-22(35-30(41)37-15-6-7-16-37)18-26(25)38(27)19-20-11-13-23(21-9-4-3-5-10-21)24(17-20)28(39)42-29(40)31(32,33)34/h3-5,9-14,17-18H,2,6-8,15-16,19H2,1H3,(H,35,41). The summed E-state index contributed by atoms with van der Waals surface area (Å²) in [4.78, 5) is 43.6. The molecule has 0 atom stereocenters. The van der Waals surface area contributed by atoms with Gasteiger partial charge in [0.05, 0.1) is 16.6 Å². The van der Waals surface area contributed by atoms with Crippen molar-refractivity contribution in [1.82, 2.24) is 14.5 Å². The summed E-state index contributed by atoms with van der Waals surface area (Å²) in [7, 11) is 0. The number of carbonyl (C=O) groups excluding carboxylic acids is 3. The minimum atomic E-state index is -5.31. The van der Waals surface area contributed by atoms with E-state index in [-0.39, 0.29) is 18.1 Å². The number of ether oxygens (including phenoxy) is 1. The van der Waals surface area contributed by atoms with Gasteiger partial charge in [-0.1, -0.05) is 49.4 Å². The lowest BCUT2D eigenvalue weighted by Crippen LogP contribution is -2.32. The molecule has 2 heterocycles. The third-order valence-electron chi connectivity index (χ3n) is 7.09. The molecule has 8 nitrogen and oxygen atoms in total. The third kappa shape index (κ3) is 6.29. The van der Waals surface area contributed by atoms with E-state index in [0.29, 0.717) is 47.4 Å². The Hall–Kier alpha value is -4.67. The molecule has 11 heteroatoms. The van der Waals surface area contributed by atoms with Gasteiger partial charge >= 0.3 is 24.1 Å². The first kappa shape index (κ1) is 28.8. The summed E-state index contributed by atoms with van der Waals surface area (Å²) in [6, 6.07) is 18.8. The number of carbonyl (C=O) groups is 3. The van der Waals surface area contributed by atoms with Crippen LogP contribution in [0.15, 0.2) is 66.7 Å². The van der Waals surface area contributed by atoms with Crippen LogP contribution in [0.25, 0.3) is 22.2 Å². The number of nitrogens with one attached hydrogen (secondary N) is 1. The highest BCUT2D eigenvalue weighted by Crippen LogP contribution is 2.29. The maximum atomic E-state index is 12.9. The lowest BCUT2D eigenvalue weighted by Gasteiger charge is -2.16. The van der Waals surface area contributed by atoms with Crippen molar-refractivity contribution >= 4 is 34.7 Å². The van der Waals surface area contributed by atoms with Crippen LogP contribution in [0.1, 0.15) is 47.9 Å². The highest BCUT2D eigenvalue weighted by atomic mass is 19.4. The lowest BCUT2D eigenvalue weighted by molar-refractivity contribution is -0.193. The van der Waals surface area contributed by atoms with Crippen molar-refractivity contribution in [3.8, 4) is 11.1 Å². The quantitative estimate of drug-likeness (QED) is 0.198. The van der Waals surface area contributed by atoms with Crippen LogP contribution in [0, 0.1) is 0 Å². The van der Waals surface area contributed by atoms with E-state index in [1.54, 1.807) is 53.4 Å². The molecule has 0 radical (unpaired) electrons. The fourth-order valence-corrected chi connectivity index (χ4v) is 5.07. The Morgan fingerprint density at radius 2 is 1.71 bits per heavy atom. The van der Waals surface area contributed by atoms with Crippen LogP contribution in [-0.4, -0.2) is 51.7 Å². The van der Waals surface area contributed by atoms with Crippen LogP contribution < -0.4 is 5.32 Å². The molecule has 1 fully saturated rings. The largest absolute Gasteiger partial charge is 0.491 e. The fourth-order valence-electron chi connectivity index (χ4n) is 5.07. The SMILES string of the molecule is CCCc1nc2ccc(NC(=O)N3CCCC3)cc2n1Cc1ccc(-c2ccccc2)c(C(=O)OC(=O)C(F)(F)F)c1. The van der Waals surface area contributed by atoms with Gasteiger partial charge in [0.2, 0.25) is 0 Å². The first-order valence-electron chi connectivity index (χ1n) is 13.7. The Morgan fingerprint density at radius 1 is 0.976 bits per heavy atom. The van der Waals surface area contributed by atoms with E-state index in [2.05, 4.69) is 10.1 Å². The number of hydrogen-bond acceptors (Lipinski definition) is 5. The number of imidazole rings is 1. The van der Waals surface area contributed by atoms with Crippen molar-refractivity contribution in [2.75, 3.05) is 18.4 Å². The molecule has 1 saturated heterocycles. The van der Waals surface area contributed by atoms with E-state index in [4.69, 9.17) is 4.98 Å². The second-order valence-electron chi connectivity index (χ2n) is 10.1. The molecule has 0 spiro atoms. The summed E-state index contributed by atoms with van der Waals surface area (Å²) in [5.74, 6) is -3.19. The minimum Gasteiger partial charge on any atom is -0.383 e. The second kappa shape index (κ2) is 12.1. The molecule has 0 aliphatic carbocycles. The van der Waals surface area contributed by atoms with E-state index in [1.807, 2.05) is 23.6 Å². The number of halogens is 3. The average molecular weight is 579 g/mol. The van der Waals surface area contributed by atoms with Crippen LogP contribution in [0.3, 0.4) is 0 Å². The van der Waals surface area contributed by atoms with E-state index >= 15 is 0 Å². The van der Waals surface area contributed by atoms with Crippen LogP contribution >= 0.6 is 0 Å². The van der Waals surface area contributed by atoms with Gasteiger partial charge in [-0.15, -0.1) is 0 Å². The Kier molecular flexibility index (Phi) is 8.28. The Labute approximate surface area is 240 Å². The number of fused-ring (bicyclic) bond motifs is 1. The predicted octanol–water partition coefficient (Wildman–Crippen LogP) is 6.58. The van der Waals surface area contributed by atoms with Gasteiger partial charge in [-0.2, -0.15) is 13.2 Å². The zero-order chi connectivity index (χ0) is 29.9. The number of hydrogen-bond donors (Lipinski definition) is 1. The zero-order valence-electron chi connectivity index (χ0n) is 22.9. The summed E-state index contributed by atoms with van der Waals surface area (Å²) in [6.07, 6.45) is -1.90. The van der Waals surface area contributed by atoms with Crippen LogP contribution in [0.5, 0.6) is 0 Å². The molecule has 3 aromatic carbocycles. The molecule has 1 aromatic heterocycles. The number of benzene rings is 3. The van der Waals surface area contributed by atoms with Crippen LogP contribution in [-0.2, 0) is 22.5 Å². The van der Waals surface area contributed by atoms with Gasteiger partial charge in [0.15, 0.2) is 0 Å². The van der Waals surface area contributed by atoms with Gasteiger partial charge in [-0.3, -0.25) is 0 Å². The van der Waals surface area contributed by atoms with E-state index in [9.17, 15) is 27.6 Å².